The molecule has 3 unspecified atom stereocenters. The van der Waals surface area contributed by atoms with Crippen LogP contribution in [0.25, 0.3) is 0 Å². The van der Waals surface area contributed by atoms with Crippen molar-refractivity contribution in [1.29, 1.82) is 0 Å². The number of para-hydroxylation sites is 1. The molecule has 2 aliphatic heterocycles. The second kappa shape index (κ2) is 6.49. The zero-order valence-electron chi connectivity index (χ0n) is 14.2. The summed E-state index contributed by atoms with van der Waals surface area (Å²) >= 11 is 0. The van der Waals surface area contributed by atoms with Crippen LogP contribution >= 0.6 is 0 Å². The Hall–Kier alpha value is -1.59. The van der Waals surface area contributed by atoms with Crippen molar-refractivity contribution in [2.75, 3.05) is 32.1 Å². The Morgan fingerprint density at radius 2 is 2.09 bits per heavy atom. The fraction of sp³-hybridized carbons (Fsp3) is 0.611. The molecule has 1 spiro atoms. The Morgan fingerprint density at radius 1 is 1.30 bits per heavy atom. The van der Waals surface area contributed by atoms with Gasteiger partial charge in [-0.1, -0.05) is 12.1 Å². The van der Waals surface area contributed by atoms with Crippen LogP contribution in [0.2, 0.25) is 0 Å². The van der Waals surface area contributed by atoms with E-state index >= 15 is 0 Å². The van der Waals surface area contributed by atoms with Crippen molar-refractivity contribution in [2.45, 2.75) is 44.5 Å². The third-order valence-corrected chi connectivity index (χ3v) is 4.74. The number of rotatable bonds is 2. The summed E-state index contributed by atoms with van der Waals surface area (Å²) in [7, 11) is 1.84. The molecule has 2 saturated heterocycles. The molecule has 23 heavy (non-hydrogen) atoms. The van der Waals surface area contributed by atoms with Crippen LogP contribution in [-0.4, -0.2) is 55.4 Å². The summed E-state index contributed by atoms with van der Waals surface area (Å²) in [5.41, 5.74) is 1.32. The number of nitrogens with zero attached hydrogens (tertiary/aromatic N) is 1. The first-order valence-corrected chi connectivity index (χ1v) is 8.38. The monoisotopic (exact) mass is 318 g/mol. The van der Waals surface area contributed by atoms with E-state index in [-0.39, 0.29) is 23.7 Å². The van der Waals surface area contributed by atoms with Gasteiger partial charge in [-0.2, -0.15) is 0 Å². The van der Waals surface area contributed by atoms with Crippen LogP contribution in [0.1, 0.15) is 37.0 Å². The molecule has 0 saturated carbocycles. The minimum absolute atomic E-state index is 0.0414. The molecule has 1 N–H and O–H groups in total. The predicted molar refractivity (Wildman–Crippen MR) is 89.8 cm³/mol. The lowest BCUT2D eigenvalue weighted by atomic mass is 9.88. The second-order valence-corrected chi connectivity index (χ2v) is 6.73. The lowest BCUT2D eigenvalue weighted by Crippen LogP contribution is -2.59. The Kier molecular flexibility index (Phi) is 4.60. The zero-order valence-corrected chi connectivity index (χ0v) is 14.2. The second-order valence-electron chi connectivity index (χ2n) is 6.73. The maximum atomic E-state index is 13.0. The topological polar surface area (TPSA) is 50.8 Å². The molecule has 0 aliphatic carbocycles. The van der Waals surface area contributed by atoms with E-state index in [9.17, 15) is 4.79 Å². The first kappa shape index (κ1) is 16.3. The van der Waals surface area contributed by atoms with Crippen molar-refractivity contribution in [3.63, 3.8) is 0 Å². The maximum Gasteiger partial charge on any atom is 0.256 e. The van der Waals surface area contributed by atoms with E-state index in [2.05, 4.69) is 12.2 Å². The van der Waals surface area contributed by atoms with Crippen molar-refractivity contribution in [3.8, 4) is 0 Å². The van der Waals surface area contributed by atoms with Gasteiger partial charge >= 0.3 is 0 Å². The van der Waals surface area contributed by atoms with Gasteiger partial charge in [0, 0.05) is 38.7 Å². The van der Waals surface area contributed by atoms with Crippen molar-refractivity contribution in [2.24, 2.45) is 0 Å². The number of nitrogens with one attached hydrogen (secondary N) is 1. The number of anilines is 1. The molecule has 5 nitrogen and oxygen atoms in total. The molecule has 126 valence electrons. The summed E-state index contributed by atoms with van der Waals surface area (Å²) in [4.78, 5) is 15.0. The van der Waals surface area contributed by atoms with Gasteiger partial charge in [-0.15, -0.1) is 0 Å². The molecule has 3 rings (SSSR count). The Balaban J connectivity index is 1.83. The number of benzene rings is 1. The number of morpholine rings is 1. The Bertz CT molecular complexity index is 573. The van der Waals surface area contributed by atoms with E-state index in [1.165, 1.54) is 0 Å². The van der Waals surface area contributed by atoms with Crippen LogP contribution in [0.5, 0.6) is 0 Å². The van der Waals surface area contributed by atoms with Crippen LogP contribution < -0.4 is 5.32 Å². The Labute approximate surface area is 137 Å². The highest BCUT2D eigenvalue weighted by atomic mass is 16.5. The largest absolute Gasteiger partial charge is 0.387 e. The number of carbonyl (C=O) groups excluding carboxylic acids is 1. The van der Waals surface area contributed by atoms with Gasteiger partial charge in [0.15, 0.2) is 0 Å². The minimum Gasteiger partial charge on any atom is -0.387 e. The molecule has 1 aromatic rings. The standard InChI is InChI=1S/C18H26N2O3/c1-13-10-18(8-9-22-13)12-20(11-14(2)23-18)17(21)15-6-4-5-7-16(15)19-3/h4-7,13-14,19H,8-12H2,1-3H3. The normalized spacial score (nSPS) is 31.2. The smallest absolute Gasteiger partial charge is 0.256 e. The summed E-state index contributed by atoms with van der Waals surface area (Å²) in [6.45, 7) is 6.09. The predicted octanol–water partition coefficient (Wildman–Crippen LogP) is 2.53. The third-order valence-electron chi connectivity index (χ3n) is 4.74. The number of amides is 1. The molecule has 1 aromatic carbocycles. The SMILES string of the molecule is CNc1ccccc1C(=O)N1CC(C)OC2(CCOC(C)C2)C1. The van der Waals surface area contributed by atoms with Gasteiger partial charge in [0.2, 0.25) is 0 Å². The van der Waals surface area contributed by atoms with Gasteiger partial charge in [0.05, 0.1) is 29.9 Å². The fourth-order valence-corrected chi connectivity index (χ4v) is 3.82. The highest BCUT2D eigenvalue weighted by Crippen LogP contribution is 2.34. The van der Waals surface area contributed by atoms with Crippen molar-refractivity contribution >= 4 is 11.6 Å². The van der Waals surface area contributed by atoms with Crippen LogP contribution in [0.3, 0.4) is 0 Å². The summed E-state index contributed by atoms with van der Waals surface area (Å²) in [5, 5.41) is 3.11. The summed E-state index contributed by atoms with van der Waals surface area (Å²) in [6, 6.07) is 7.66. The van der Waals surface area contributed by atoms with Crippen LogP contribution in [0.4, 0.5) is 5.69 Å². The van der Waals surface area contributed by atoms with Crippen LogP contribution in [0.15, 0.2) is 24.3 Å². The molecule has 2 heterocycles. The van der Waals surface area contributed by atoms with E-state index < -0.39 is 0 Å². The molecule has 1 amide bonds. The zero-order chi connectivity index (χ0) is 16.4. The van der Waals surface area contributed by atoms with E-state index in [0.717, 1.165) is 24.1 Å². The highest BCUT2D eigenvalue weighted by Gasteiger charge is 2.44. The average molecular weight is 318 g/mol. The molecular formula is C18H26N2O3. The lowest BCUT2D eigenvalue weighted by molar-refractivity contribution is -0.189. The van der Waals surface area contributed by atoms with Crippen molar-refractivity contribution in [3.05, 3.63) is 29.8 Å². The molecule has 0 radical (unpaired) electrons. The summed E-state index contributed by atoms with van der Waals surface area (Å²) in [6.07, 6.45) is 1.91. The number of carbonyl (C=O) groups is 1. The van der Waals surface area contributed by atoms with E-state index in [4.69, 9.17) is 9.47 Å². The number of ether oxygens (including phenoxy) is 2. The lowest BCUT2D eigenvalue weighted by Gasteiger charge is -2.48. The van der Waals surface area contributed by atoms with Gasteiger partial charge < -0.3 is 19.7 Å². The van der Waals surface area contributed by atoms with E-state index in [0.29, 0.717) is 19.7 Å². The van der Waals surface area contributed by atoms with Crippen LogP contribution in [0, 0.1) is 0 Å². The van der Waals surface area contributed by atoms with E-state index in [1.54, 1.807) is 0 Å². The molecule has 0 aromatic heterocycles. The maximum absolute atomic E-state index is 13.0. The molecule has 2 fully saturated rings. The quantitative estimate of drug-likeness (QED) is 0.910. The van der Waals surface area contributed by atoms with E-state index in [1.807, 2.05) is 43.1 Å². The molecule has 5 heteroatoms. The molecular weight excluding hydrogens is 292 g/mol. The van der Waals surface area contributed by atoms with Gasteiger partial charge in [0.1, 0.15) is 0 Å². The van der Waals surface area contributed by atoms with Crippen molar-refractivity contribution in [1.82, 2.24) is 4.90 Å². The highest BCUT2D eigenvalue weighted by molar-refractivity contribution is 5.99. The van der Waals surface area contributed by atoms with Crippen molar-refractivity contribution < 1.29 is 14.3 Å². The molecule has 2 aliphatic rings. The van der Waals surface area contributed by atoms with Gasteiger partial charge in [-0.05, 0) is 26.0 Å². The Morgan fingerprint density at radius 3 is 2.83 bits per heavy atom. The van der Waals surface area contributed by atoms with Gasteiger partial charge in [-0.3, -0.25) is 4.79 Å². The van der Waals surface area contributed by atoms with Gasteiger partial charge in [0.25, 0.3) is 5.91 Å². The first-order valence-electron chi connectivity index (χ1n) is 8.38. The number of hydrogen-bond donors (Lipinski definition) is 1. The summed E-state index contributed by atoms with van der Waals surface area (Å²) < 4.78 is 11.9. The van der Waals surface area contributed by atoms with Gasteiger partial charge in [-0.25, -0.2) is 0 Å². The van der Waals surface area contributed by atoms with Crippen LogP contribution in [-0.2, 0) is 9.47 Å². The average Bonchev–Trinajstić information content (AvgIpc) is 2.53. The first-order chi connectivity index (χ1) is 11.0. The molecule has 0 bridgehead atoms. The molecule has 3 atom stereocenters. The third kappa shape index (κ3) is 3.35. The number of hydrogen-bond acceptors (Lipinski definition) is 4. The summed E-state index contributed by atoms with van der Waals surface area (Å²) in [5.74, 6) is 0.0728. The fourth-order valence-electron chi connectivity index (χ4n) is 3.82. The minimum atomic E-state index is -0.264.